The molecular formula is C26H53N3. The van der Waals surface area contributed by atoms with Crippen molar-refractivity contribution in [2.45, 2.75) is 142 Å². The van der Waals surface area contributed by atoms with Gasteiger partial charge in [0.1, 0.15) is 0 Å². The zero-order valence-electron chi connectivity index (χ0n) is 20.3. The molecule has 0 rings (SSSR count). The SMILES string of the molecule is CCCCCCCCCCN(CCCCCCCCCC)CCC(CC)N=C=N. The van der Waals surface area contributed by atoms with Crippen LogP contribution in [0.15, 0.2) is 4.99 Å². The van der Waals surface area contributed by atoms with Gasteiger partial charge in [-0.05, 0) is 38.8 Å². The fourth-order valence-electron chi connectivity index (χ4n) is 4.06. The molecule has 0 heterocycles. The fraction of sp³-hybridized carbons (Fsp3) is 0.962. The van der Waals surface area contributed by atoms with Crippen LogP contribution in [0.25, 0.3) is 0 Å². The van der Waals surface area contributed by atoms with Gasteiger partial charge in [0, 0.05) is 6.54 Å². The number of hydrogen-bond acceptors (Lipinski definition) is 3. The van der Waals surface area contributed by atoms with Crippen LogP contribution in [0, 0.1) is 5.41 Å². The minimum atomic E-state index is 0.284. The van der Waals surface area contributed by atoms with E-state index in [0.717, 1.165) is 19.4 Å². The van der Waals surface area contributed by atoms with Crippen molar-refractivity contribution in [1.82, 2.24) is 4.90 Å². The Hall–Kier alpha value is -0.660. The summed E-state index contributed by atoms with van der Waals surface area (Å²) < 4.78 is 0. The van der Waals surface area contributed by atoms with Crippen molar-refractivity contribution in [3.05, 3.63) is 0 Å². The molecule has 0 amide bonds. The Labute approximate surface area is 183 Å². The van der Waals surface area contributed by atoms with Gasteiger partial charge in [-0.2, -0.15) is 0 Å². The first-order valence-corrected chi connectivity index (χ1v) is 13.1. The Kier molecular flexibility index (Phi) is 23.1. The second-order valence-electron chi connectivity index (χ2n) is 8.88. The van der Waals surface area contributed by atoms with E-state index in [0.29, 0.717) is 0 Å². The molecule has 0 radical (unpaired) electrons. The molecule has 3 heteroatoms. The predicted molar refractivity (Wildman–Crippen MR) is 131 cm³/mol. The van der Waals surface area contributed by atoms with Crippen LogP contribution in [0.3, 0.4) is 0 Å². The van der Waals surface area contributed by atoms with Crippen LogP contribution < -0.4 is 0 Å². The molecule has 1 atom stereocenters. The number of nitrogens with zero attached hydrogens (tertiary/aromatic N) is 2. The lowest BCUT2D eigenvalue weighted by Gasteiger charge is -2.23. The zero-order chi connectivity index (χ0) is 21.4. The molecule has 0 bridgehead atoms. The third-order valence-corrected chi connectivity index (χ3v) is 6.15. The standard InChI is InChI=1S/C26H53N3/c1-4-7-9-11-13-15-17-19-22-29(24-21-26(6-3)28-25-27)23-20-18-16-14-12-10-8-5-2/h26-27H,4-24H2,1-3H3. The summed E-state index contributed by atoms with van der Waals surface area (Å²) in [5.41, 5.74) is 0. The lowest BCUT2D eigenvalue weighted by Crippen LogP contribution is -2.29. The molecule has 3 nitrogen and oxygen atoms in total. The largest absolute Gasteiger partial charge is 0.303 e. The van der Waals surface area contributed by atoms with Gasteiger partial charge in [0.25, 0.3) is 0 Å². The summed E-state index contributed by atoms with van der Waals surface area (Å²) in [6.45, 7) is 10.4. The average molecular weight is 408 g/mol. The Bertz CT molecular complexity index is 343. The molecule has 1 unspecified atom stereocenters. The average Bonchev–Trinajstić information content (AvgIpc) is 2.74. The zero-order valence-corrected chi connectivity index (χ0v) is 20.3. The normalized spacial score (nSPS) is 12.3. The summed E-state index contributed by atoms with van der Waals surface area (Å²) in [5, 5.41) is 7.13. The Morgan fingerprint density at radius 3 is 1.41 bits per heavy atom. The van der Waals surface area contributed by atoms with Crippen LogP contribution in [0.1, 0.15) is 136 Å². The highest BCUT2D eigenvalue weighted by molar-refractivity contribution is 5.36. The number of nitrogens with one attached hydrogen (secondary N) is 1. The van der Waals surface area contributed by atoms with Gasteiger partial charge in [0.05, 0.1) is 12.1 Å². The molecule has 0 aliphatic rings. The van der Waals surface area contributed by atoms with Crippen molar-refractivity contribution in [3.63, 3.8) is 0 Å². The maximum Gasteiger partial charge on any atom is 0.0864 e. The van der Waals surface area contributed by atoms with E-state index in [1.807, 2.05) is 0 Å². The van der Waals surface area contributed by atoms with Crippen molar-refractivity contribution in [3.8, 4) is 0 Å². The van der Waals surface area contributed by atoms with E-state index in [4.69, 9.17) is 5.41 Å². The van der Waals surface area contributed by atoms with Gasteiger partial charge in [0.15, 0.2) is 0 Å². The van der Waals surface area contributed by atoms with E-state index in [1.54, 1.807) is 0 Å². The van der Waals surface area contributed by atoms with Crippen LogP contribution in [0.5, 0.6) is 0 Å². The number of unbranched alkanes of at least 4 members (excludes halogenated alkanes) is 14. The summed E-state index contributed by atoms with van der Waals surface area (Å²) in [5.74, 6) is 0. The summed E-state index contributed by atoms with van der Waals surface area (Å²) in [6, 6.07) is 2.54. The van der Waals surface area contributed by atoms with E-state index in [9.17, 15) is 0 Å². The van der Waals surface area contributed by atoms with E-state index < -0.39 is 0 Å². The molecule has 1 N–H and O–H groups in total. The first-order chi connectivity index (χ1) is 14.3. The Morgan fingerprint density at radius 2 is 1.03 bits per heavy atom. The smallest absolute Gasteiger partial charge is 0.0864 e. The van der Waals surface area contributed by atoms with Crippen molar-refractivity contribution >= 4 is 6.01 Å². The van der Waals surface area contributed by atoms with Crippen molar-refractivity contribution in [1.29, 1.82) is 5.41 Å². The monoisotopic (exact) mass is 407 g/mol. The van der Waals surface area contributed by atoms with Crippen LogP contribution in [0.2, 0.25) is 0 Å². The number of hydrogen-bond donors (Lipinski definition) is 1. The van der Waals surface area contributed by atoms with E-state index in [-0.39, 0.29) is 6.04 Å². The summed E-state index contributed by atoms with van der Waals surface area (Å²) in [7, 11) is 0. The summed E-state index contributed by atoms with van der Waals surface area (Å²) in [6.07, 6.45) is 24.4. The first kappa shape index (κ1) is 28.3. The van der Waals surface area contributed by atoms with Gasteiger partial charge in [0.2, 0.25) is 0 Å². The highest BCUT2D eigenvalue weighted by atomic mass is 15.1. The summed E-state index contributed by atoms with van der Waals surface area (Å²) in [4.78, 5) is 6.87. The van der Waals surface area contributed by atoms with E-state index in [2.05, 4.69) is 36.7 Å². The third kappa shape index (κ3) is 20.4. The Morgan fingerprint density at radius 1 is 0.621 bits per heavy atom. The topological polar surface area (TPSA) is 39.5 Å². The highest BCUT2D eigenvalue weighted by Crippen LogP contribution is 2.12. The van der Waals surface area contributed by atoms with E-state index >= 15 is 0 Å². The van der Waals surface area contributed by atoms with Crippen LogP contribution >= 0.6 is 0 Å². The molecule has 0 aliphatic carbocycles. The maximum absolute atomic E-state index is 7.13. The molecule has 29 heavy (non-hydrogen) atoms. The van der Waals surface area contributed by atoms with Gasteiger partial charge in [-0.15, -0.1) is 0 Å². The molecule has 0 aromatic heterocycles. The number of aliphatic imine (C=N–C) groups is 1. The molecular weight excluding hydrogens is 354 g/mol. The van der Waals surface area contributed by atoms with Gasteiger partial charge in [-0.3, -0.25) is 0 Å². The first-order valence-electron chi connectivity index (χ1n) is 13.1. The molecule has 0 aromatic rings. The predicted octanol–water partition coefficient (Wildman–Crippen LogP) is 8.49. The second-order valence-corrected chi connectivity index (χ2v) is 8.88. The molecule has 0 saturated carbocycles. The van der Waals surface area contributed by atoms with E-state index in [1.165, 1.54) is 116 Å². The van der Waals surface area contributed by atoms with Gasteiger partial charge in [-0.25, -0.2) is 10.4 Å². The molecule has 0 fully saturated rings. The molecule has 0 saturated heterocycles. The highest BCUT2D eigenvalue weighted by Gasteiger charge is 2.09. The molecule has 172 valence electrons. The Balaban J connectivity index is 4.01. The molecule has 0 spiro atoms. The third-order valence-electron chi connectivity index (χ3n) is 6.15. The van der Waals surface area contributed by atoms with Gasteiger partial charge in [-0.1, -0.05) is 111 Å². The molecule has 0 aliphatic heterocycles. The van der Waals surface area contributed by atoms with Gasteiger partial charge >= 0.3 is 0 Å². The quantitative estimate of drug-likeness (QED) is 0.134. The second kappa shape index (κ2) is 23.6. The molecule has 0 aromatic carbocycles. The van der Waals surface area contributed by atoms with Crippen molar-refractivity contribution < 1.29 is 0 Å². The minimum Gasteiger partial charge on any atom is -0.303 e. The summed E-state index contributed by atoms with van der Waals surface area (Å²) >= 11 is 0. The maximum atomic E-state index is 7.13. The van der Waals surface area contributed by atoms with Gasteiger partial charge < -0.3 is 4.90 Å². The number of rotatable bonds is 23. The fourth-order valence-corrected chi connectivity index (χ4v) is 4.06. The minimum absolute atomic E-state index is 0.284. The van der Waals surface area contributed by atoms with Crippen molar-refractivity contribution in [2.24, 2.45) is 4.99 Å². The van der Waals surface area contributed by atoms with Crippen molar-refractivity contribution in [2.75, 3.05) is 19.6 Å². The van der Waals surface area contributed by atoms with Crippen LogP contribution in [-0.4, -0.2) is 36.6 Å². The lowest BCUT2D eigenvalue weighted by molar-refractivity contribution is 0.250. The van der Waals surface area contributed by atoms with Crippen LogP contribution in [-0.2, 0) is 0 Å². The van der Waals surface area contributed by atoms with Crippen LogP contribution in [0.4, 0.5) is 0 Å². The lowest BCUT2D eigenvalue weighted by atomic mass is 10.1.